The molecule has 0 bridgehead atoms. The summed E-state index contributed by atoms with van der Waals surface area (Å²) >= 11 is 0. The Hall–Kier alpha value is -3.00. The topological polar surface area (TPSA) is 24.7 Å². The average Bonchev–Trinajstić information content (AvgIpc) is 2.99. The Morgan fingerprint density at radius 1 is 0.556 bits per heavy atom. The molecule has 0 atom stereocenters. The van der Waals surface area contributed by atoms with Crippen molar-refractivity contribution >= 4 is 22.8 Å². The molecule has 0 amide bonds. The van der Waals surface area contributed by atoms with E-state index in [1.54, 1.807) is 0 Å². The first kappa shape index (κ1) is 17.4. The van der Waals surface area contributed by atoms with Crippen molar-refractivity contribution in [2.75, 3.05) is 0 Å². The van der Waals surface area contributed by atoms with Crippen LogP contribution in [0.3, 0.4) is 0 Å². The van der Waals surface area contributed by atoms with Gasteiger partial charge in [0.1, 0.15) is 0 Å². The van der Waals surface area contributed by atoms with Crippen molar-refractivity contribution in [3.8, 4) is 0 Å². The minimum atomic E-state index is 0.763. The summed E-state index contributed by atoms with van der Waals surface area (Å²) in [5, 5.41) is 0. The van der Waals surface area contributed by atoms with E-state index in [2.05, 4.69) is 88.4 Å². The summed E-state index contributed by atoms with van der Waals surface area (Å²) in [5.74, 6) is 0. The van der Waals surface area contributed by atoms with Gasteiger partial charge in [-0.05, 0) is 74.2 Å². The zero-order chi connectivity index (χ0) is 19.0. The maximum absolute atomic E-state index is 4.96. The number of fused-ring (bicyclic) bond motifs is 1. The third kappa shape index (κ3) is 3.48. The van der Waals surface area contributed by atoms with Gasteiger partial charge in [-0.25, -0.2) is 0 Å². The van der Waals surface area contributed by atoms with E-state index in [0.717, 1.165) is 29.2 Å². The van der Waals surface area contributed by atoms with Crippen molar-refractivity contribution in [2.24, 2.45) is 9.98 Å². The highest BCUT2D eigenvalue weighted by Crippen LogP contribution is 2.29. The van der Waals surface area contributed by atoms with Crippen LogP contribution >= 0.6 is 0 Å². The molecule has 2 nitrogen and oxygen atoms in total. The third-order valence-corrected chi connectivity index (χ3v) is 5.39. The molecule has 0 saturated heterocycles. The van der Waals surface area contributed by atoms with E-state index >= 15 is 0 Å². The van der Waals surface area contributed by atoms with E-state index in [9.17, 15) is 0 Å². The molecule has 0 unspecified atom stereocenters. The van der Waals surface area contributed by atoms with Crippen LogP contribution in [-0.4, -0.2) is 11.4 Å². The second-order valence-electron chi connectivity index (χ2n) is 7.38. The van der Waals surface area contributed by atoms with Crippen LogP contribution in [0.5, 0.6) is 0 Å². The van der Waals surface area contributed by atoms with Gasteiger partial charge >= 0.3 is 0 Å². The van der Waals surface area contributed by atoms with E-state index in [1.165, 1.54) is 33.4 Å². The first-order chi connectivity index (χ1) is 13.0. The fourth-order valence-electron chi connectivity index (χ4n) is 3.44. The van der Waals surface area contributed by atoms with Crippen LogP contribution in [0, 0.1) is 27.7 Å². The molecule has 0 saturated carbocycles. The van der Waals surface area contributed by atoms with Crippen LogP contribution in [0.25, 0.3) is 0 Å². The largest absolute Gasteiger partial charge is 0.252 e. The molecule has 134 valence electrons. The second kappa shape index (κ2) is 6.96. The average molecular weight is 352 g/mol. The lowest BCUT2D eigenvalue weighted by Crippen LogP contribution is -1.96. The van der Waals surface area contributed by atoms with Crippen LogP contribution in [0.2, 0.25) is 0 Å². The molecule has 0 fully saturated rings. The van der Waals surface area contributed by atoms with Crippen molar-refractivity contribution in [2.45, 2.75) is 34.1 Å². The number of aliphatic imine (C=N–C) groups is 2. The summed E-state index contributed by atoms with van der Waals surface area (Å²) in [6, 6.07) is 21.2. The normalized spacial score (nSPS) is 16.1. The van der Waals surface area contributed by atoms with Crippen molar-refractivity contribution in [3.05, 3.63) is 94.0 Å². The van der Waals surface area contributed by atoms with Gasteiger partial charge in [-0.1, -0.05) is 36.4 Å². The maximum Gasteiger partial charge on any atom is 0.0636 e. The molecule has 0 radical (unpaired) electrons. The zero-order valence-corrected chi connectivity index (χ0v) is 16.4. The Balaban J connectivity index is 1.76. The summed E-state index contributed by atoms with van der Waals surface area (Å²) in [6.45, 7) is 8.53. The summed E-state index contributed by atoms with van der Waals surface area (Å²) in [5.41, 5.74) is 11.7. The summed E-state index contributed by atoms with van der Waals surface area (Å²) in [4.78, 5) is 9.92. The molecule has 2 heteroatoms. The summed E-state index contributed by atoms with van der Waals surface area (Å²) in [6.07, 6.45) is 0.763. The van der Waals surface area contributed by atoms with Gasteiger partial charge in [-0.3, -0.25) is 9.98 Å². The predicted molar refractivity (Wildman–Crippen MR) is 115 cm³/mol. The highest BCUT2D eigenvalue weighted by molar-refractivity contribution is 6.28. The van der Waals surface area contributed by atoms with E-state index < -0.39 is 0 Å². The molecule has 3 aromatic carbocycles. The minimum Gasteiger partial charge on any atom is -0.252 e. The van der Waals surface area contributed by atoms with Gasteiger partial charge in [0, 0.05) is 17.5 Å². The molecule has 0 N–H and O–H groups in total. The lowest BCUT2D eigenvalue weighted by Gasteiger charge is -2.03. The van der Waals surface area contributed by atoms with Gasteiger partial charge in [0.25, 0.3) is 0 Å². The SMILES string of the molecule is Cc1ccc(N=C2CC(=Nc3ccc(C)c(C)c3)c3ccccc32)cc1C. The van der Waals surface area contributed by atoms with Gasteiger partial charge in [0.05, 0.1) is 22.8 Å². The van der Waals surface area contributed by atoms with Crippen LogP contribution in [0.4, 0.5) is 11.4 Å². The standard InChI is InChI=1S/C25H24N2/c1-16-9-11-20(13-18(16)3)26-24-15-25(23-8-6-5-7-22(23)24)27-21-12-10-17(2)19(4)14-21/h5-14H,15H2,1-4H3. The number of benzene rings is 3. The fourth-order valence-corrected chi connectivity index (χ4v) is 3.44. The molecule has 1 aliphatic rings. The van der Waals surface area contributed by atoms with E-state index in [4.69, 9.17) is 9.98 Å². The van der Waals surface area contributed by atoms with E-state index in [0.29, 0.717) is 0 Å². The molecule has 3 aromatic rings. The molecule has 27 heavy (non-hydrogen) atoms. The van der Waals surface area contributed by atoms with E-state index in [1.807, 2.05) is 0 Å². The Morgan fingerprint density at radius 3 is 1.41 bits per heavy atom. The summed E-state index contributed by atoms with van der Waals surface area (Å²) < 4.78 is 0. The van der Waals surface area contributed by atoms with E-state index in [-0.39, 0.29) is 0 Å². The number of hydrogen-bond acceptors (Lipinski definition) is 2. The molecular weight excluding hydrogens is 328 g/mol. The third-order valence-electron chi connectivity index (χ3n) is 5.39. The predicted octanol–water partition coefficient (Wildman–Crippen LogP) is 6.57. The molecule has 1 aliphatic carbocycles. The zero-order valence-electron chi connectivity index (χ0n) is 16.4. The first-order valence-electron chi connectivity index (χ1n) is 9.40. The minimum absolute atomic E-state index is 0.763. The number of rotatable bonds is 2. The lowest BCUT2D eigenvalue weighted by molar-refractivity contribution is 1.32. The number of hydrogen-bond donors (Lipinski definition) is 0. The van der Waals surface area contributed by atoms with Crippen molar-refractivity contribution in [3.63, 3.8) is 0 Å². The number of aryl methyl sites for hydroxylation is 4. The van der Waals surface area contributed by atoms with Gasteiger partial charge < -0.3 is 0 Å². The molecule has 0 spiro atoms. The Bertz CT molecular complexity index is 1000. The molecule has 0 aromatic heterocycles. The highest BCUT2D eigenvalue weighted by atomic mass is 14.8. The lowest BCUT2D eigenvalue weighted by atomic mass is 10.1. The van der Waals surface area contributed by atoms with Gasteiger partial charge in [0.15, 0.2) is 0 Å². The van der Waals surface area contributed by atoms with Gasteiger partial charge in [0.2, 0.25) is 0 Å². The highest BCUT2D eigenvalue weighted by Gasteiger charge is 2.23. The van der Waals surface area contributed by atoms with Crippen LogP contribution in [0.15, 0.2) is 70.6 Å². The Labute approximate surface area is 161 Å². The maximum atomic E-state index is 4.96. The number of nitrogens with zero attached hydrogens (tertiary/aromatic N) is 2. The summed E-state index contributed by atoms with van der Waals surface area (Å²) in [7, 11) is 0. The monoisotopic (exact) mass is 352 g/mol. The van der Waals surface area contributed by atoms with Crippen molar-refractivity contribution in [1.29, 1.82) is 0 Å². The van der Waals surface area contributed by atoms with Gasteiger partial charge in [-0.15, -0.1) is 0 Å². The Morgan fingerprint density at radius 2 is 1.00 bits per heavy atom. The molecule has 0 heterocycles. The van der Waals surface area contributed by atoms with Crippen molar-refractivity contribution in [1.82, 2.24) is 0 Å². The molecular formula is C25H24N2. The quantitative estimate of drug-likeness (QED) is 0.498. The molecule has 4 rings (SSSR count). The van der Waals surface area contributed by atoms with Crippen LogP contribution in [0.1, 0.15) is 39.8 Å². The van der Waals surface area contributed by atoms with Crippen LogP contribution < -0.4 is 0 Å². The van der Waals surface area contributed by atoms with Gasteiger partial charge in [-0.2, -0.15) is 0 Å². The van der Waals surface area contributed by atoms with Crippen LogP contribution in [-0.2, 0) is 0 Å². The molecule has 0 aliphatic heterocycles. The smallest absolute Gasteiger partial charge is 0.0636 e. The fraction of sp³-hybridized carbons (Fsp3) is 0.200. The first-order valence-corrected chi connectivity index (χ1v) is 9.40. The van der Waals surface area contributed by atoms with Crippen molar-refractivity contribution < 1.29 is 0 Å². The second-order valence-corrected chi connectivity index (χ2v) is 7.38. The Kier molecular flexibility index (Phi) is 4.49.